The molecule has 0 saturated heterocycles. The molecule has 0 aromatic heterocycles. The highest BCUT2D eigenvalue weighted by atomic mass is 19.1. The number of hydrogen-bond acceptors (Lipinski definition) is 4. The predicted octanol–water partition coefficient (Wildman–Crippen LogP) is 3.69. The smallest absolute Gasteiger partial charge is 0.314 e. The lowest BCUT2D eigenvalue weighted by atomic mass is 10.1. The van der Waals surface area contributed by atoms with E-state index >= 15 is 0 Å². The van der Waals surface area contributed by atoms with Gasteiger partial charge in [0.1, 0.15) is 17.4 Å². The molecule has 1 atom stereocenters. The molecular weight excluding hydrogens is 282 g/mol. The van der Waals surface area contributed by atoms with E-state index in [0.29, 0.717) is 0 Å². The summed E-state index contributed by atoms with van der Waals surface area (Å²) in [7, 11) is 0. The van der Waals surface area contributed by atoms with Crippen molar-refractivity contribution in [3.8, 4) is 11.5 Å². The average molecular weight is 294 g/mol. The molecule has 0 aliphatic rings. The molecule has 0 amide bonds. The molecule has 2 aromatic rings. The Kier molecular flexibility index (Phi) is 4.13. The quantitative estimate of drug-likeness (QED) is 0.689. The van der Waals surface area contributed by atoms with E-state index in [9.17, 15) is 18.9 Å². The fourth-order valence-corrected chi connectivity index (χ4v) is 1.89. The SMILES string of the molecule is CC(N)c1c(F)cccc1Oc1ccc(F)cc1[N+](=O)[O-]. The number of rotatable bonds is 4. The van der Waals surface area contributed by atoms with E-state index in [0.717, 1.165) is 18.2 Å². The van der Waals surface area contributed by atoms with Crippen LogP contribution in [0.25, 0.3) is 0 Å². The van der Waals surface area contributed by atoms with Crippen molar-refractivity contribution in [1.29, 1.82) is 0 Å². The van der Waals surface area contributed by atoms with Crippen molar-refractivity contribution in [2.45, 2.75) is 13.0 Å². The Morgan fingerprint density at radius 2 is 1.95 bits per heavy atom. The van der Waals surface area contributed by atoms with Gasteiger partial charge in [-0.05, 0) is 31.2 Å². The zero-order valence-electron chi connectivity index (χ0n) is 11.0. The number of nitro groups is 1. The first kappa shape index (κ1) is 14.9. The maximum atomic E-state index is 13.8. The molecule has 0 saturated carbocycles. The maximum Gasteiger partial charge on any atom is 0.314 e. The van der Waals surface area contributed by atoms with Crippen LogP contribution >= 0.6 is 0 Å². The summed E-state index contributed by atoms with van der Waals surface area (Å²) in [5, 5.41) is 10.9. The van der Waals surface area contributed by atoms with E-state index in [2.05, 4.69) is 0 Å². The monoisotopic (exact) mass is 294 g/mol. The molecule has 0 aliphatic heterocycles. The number of ether oxygens (including phenoxy) is 1. The van der Waals surface area contributed by atoms with Gasteiger partial charge < -0.3 is 10.5 Å². The van der Waals surface area contributed by atoms with Crippen molar-refractivity contribution in [3.63, 3.8) is 0 Å². The third-order valence-electron chi connectivity index (χ3n) is 2.81. The van der Waals surface area contributed by atoms with Crippen molar-refractivity contribution in [1.82, 2.24) is 0 Å². The van der Waals surface area contributed by atoms with E-state index in [4.69, 9.17) is 10.5 Å². The first-order valence-corrected chi connectivity index (χ1v) is 6.06. The topological polar surface area (TPSA) is 78.4 Å². The first-order chi connectivity index (χ1) is 9.90. The Bertz CT molecular complexity index is 690. The van der Waals surface area contributed by atoms with Crippen LogP contribution in [0.2, 0.25) is 0 Å². The summed E-state index contributed by atoms with van der Waals surface area (Å²) in [5.74, 6) is -1.47. The molecular formula is C14H12F2N2O3. The van der Waals surface area contributed by atoms with Crippen LogP contribution in [-0.2, 0) is 0 Å². The van der Waals surface area contributed by atoms with Crippen molar-refractivity contribution in [2.75, 3.05) is 0 Å². The Morgan fingerprint density at radius 1 is 1.24 bits per heavy atom. The van der Waals surface area contributed by atoms with Crippen LogP contribution in [0.3, 0.4) is 0 Å². The molecule has 2 N–H and O–H groups in total. The van der Waals surface area contributed by atoms with Crippen molar-refractivity contribution < 1.29 is 18.4 Å². The molecule has 0 bridgehead atoms. The second-order valence-corrected chi connectivity index (χ2v) is 4.41. The van der Waals surface area contributed by atoms with Gasteiger partial charge in [-0.15, -0.1) is 0 Å². The van der Waals surface area contributed by atoms with Crippen LogP contribution in [-0.4, -0.2) is 4.92 Å². The third kappa shape index (κ3) is 3.14. The Morgan fingerprint density at radius 3 is 2.57 bits per heavy atom. The average Bonchev–Trinajstić information content (AvgIpc) is 2.40. The predicted molar refractivity (Wildman–Crippen MR) is 72.1 cm³/mol. The summed E-state index contributed by atoms with van der Waals surface area (Å²) in [6.07, 6.45) is 0. The minimum absolute atomic E-state index is 0.0553. The van der Waals surface area contributed by atoms with Gasteiger partial charge in [-0.1, -0.05) is 6.07 Å². The van der Waals surface area contributed by atoms with Gasteiger partial charge in [0.2, 0.25) is 5.75 Å². The number of hydrogen-bond donors (Lipinski definition) is 1. The van der Waals surface area contributed by atoms with Gasteiger partial charge in [0.25, 0.3) is 0 Å². The minimum Gasteiger partial charge on any atom is -0.450 e. The van der Waals surface area contributed by atoms with Gasteiger partial charge in [0.15, 0.2) is 0 Å². The van der Waals surface area contributed by atoms with E-state index < -0.39 is 28.3 Å². The Hall–Kier alpha value is -2.54. The van der Waals surface area contributed by atoms with Gasteiger partial charge >= 0.3 is 5.69 Å². The molecule has 0 spiro atoms. The van der Waals surface area contributed by atoms with Gasteiger partial charge in [0.05, 0.1) is 11.0 Å². The molecule has 7 heteroatoms. The molecule has 5 nitrogen and oxygen atoms in total. The van der Waals surface area contributed by atoms with Crippen LogP contribution in [0.4, 0.5) is 14.5 Å². The summed E-state index contributed by atoms with van der Waals surface area (Å²) in [6.45, 7) is 1.56. The second-order valence-electron chi connectivity index (χ2n) is 4.41. The standard InChI is InChI=1S/C14H12F2N2O3/c1-8(17)14-10(16)3-2-4-13(14)21-12-6-5-9(15)7-11(12)18(19)20/h2-8H,17H2,1H3. The zero-order chi connectivity index (χ0) is 15.6. The van der Waals surface area contributed by atoms with Gasteiger partial charge in [-0.2, -0.15) is 0 Å². The summed E-state index contributed by atoms with van der Waals surface area (Å²) < 4.78 is 32.2. The summed E-state index contributed by atoms with van der Waals surface area (Å²) in [4.78, 5) is 10.1. The molecule has 0 heterocycles. The van der Waals surface area contributed by atoms with Crippen LogP contribution in [0.15, 0.2) is 36.4 Å². The normalized spacial score (nSPS) is 12.0. The molecule has 2 rings (SSSR count). The minimum atomic E-state index is -0.775. The van der Waals surface area contributed by atoms with Gasteiger partial charge in [-0.3, -0.25) is 10.1 Å². The fraction of sp³-hybridized carbons (Fsp3) is 0.143. The fourth-order valence-electron chi connectivity index (χ4n) is 1.89. The highest BCUT2D eigenvalue weighted by Gasteiger charge is 2.20. The lowest BCUT2D eigenvalue weighted by Gasteiger charge is -2.14. The lowest BCUT2D eigenvalue weighted by Crippen LogP contribution is -2.09. The maximum absolute atomic E-state index is 13.8. The Labute approximate surface area is 119 Å². The van der Waals surface area contributed by atoms with E-state index in [1.807, 2.05) is 0 Å². The van der Waals surface area contributed by atoms with Crippen molar-refractivity contribution >= 4 is 5.69 Å². The van der Waals surface area contributed by atoms with E-state index in [-0.39, 0.29) is 17.1 Å². The van der Waals surface area contributed by atoms with Crippen molar-refractivity contribution in [2.24, 2.45) is 5.73 Å². The second kappa shape index (κ2) is 5.84. The number of nitrogens with two attached hydrogens (primary N) is 1. The van der Waals surface area contributed by atoms with Crippen molar-refractivity contribution in [3.05, 3.63) is 63.7 Å². The highest BCUT2D eigenvalue weighted by Crippen LogP contribution is 2.35. The third-order valence-corrected chi connectivity index (χ3v) is 2.81. The molecule has 21 heavy (non-hydrogen) atoms. The molecule has 0 aliphatic carbocycles. The number of benzene rings is 2. The molecule has 0 radical (unpaired) electrons. The largest absolute Gasteiger partial charge is 0.450 e. The van der Waals surface area contributed by atoms with E-state index in [1.54, 1.807) is 6.92 Å². The lowest BCUT2D eigenvalue weighted by molar-refractivity contribution is -0.385. The molecule has 2 aromatic carbocycles. The van der Waals surface area contributed by atoms with Gasteiger partial charge in [-0.25, -0.2) is 8.78 Å². The number of halogens is 2. The summed E-state index contributed by atoms with van der Waals surface area (Å²) in [6, 6.07) is 6.25. The highest BCUT2D eigenvalue weighted by molar-refractivity contribution is 5.50. The Balaban J connectivity index is 2.49. The molecule has 1 unspecified atom stereocenters. The van der Waals surface area contributed by atoms with E-state index in [1.165, 1.54) is 18.2 Å². The summed E-state index contributed by atoms with van der Waals surface area (Å²) >= 11 is 0. The summed E-state index contributed by atoms with van der Waals surface area (Å²) in [5.41, 5.74) is 5.22. The van der Waals surface area contributed by atoms with Crippen LogP contribution < -0.4 is 10.5 Å². The van der Waals surface area contributed by atoms with Gasteiger partial charge in [0, 0.05) is 11.6 Å². The molecule has 110 valence electrons. The van der Waals surface area contributed by atoms with Crippen LogP contribution in [0.1, 0.15) is 18.5 Å². The molecule has 0 fully saturated rings. The van der Waals surface area contributed by atoms with Crippen LogP contribution in [0, 0.1) is 21.7 Å². The number of nitrogens with zero attached hydrogens (tertiary/aromatic N) is 1. The zero-order valence-corrected chi connectivity index (χ0v) is 11.0. The number of nitro benzene ring substituents is 1. The first-order valence-electron chi connectivity index (χ1n) is 6.06. The van der Waals surface area contributed by atoms with Crippen LogP contribution in [0.5, 0.6) is 11.5 Å².